The molecule has 4 rings (SSSR count). The number of hydrogen-bond donors (Lipinski definition) is 1. The fraction of sp³-hybridized carbons (Fsp3) is 0.143. The van der Waals surface area contributed by atoms with Gasteiger partial charge in [-0.1, -0.05) is 34.1 Å². The first-order valence-electron chi connectivity index (χ1n) is 11.4. The van der Waals surface area contributed by atoms with Crippen molar-refractivity contribution in [3.63, 3.8) is 0 Å². The van der Waals surface area contributed by atoms with Gasteiger partial charge < -0.3 is 13.9 Å². The molecule has 0 atom stereocenters. The Morgan fingerprint density at radius 2 is 1.92 bits per heavy atom. The summed E-state index contributed by atoms with van der Waals surface area (Å²) in [4.78, 5) is 12.6. The van der Waals surface area contributed by atoms with Crippen LogP contribution in [0.15, 0.2) is 81.2 Å². The molecule has 3 aromatic carbocycles. The van der Waals surface area contributed by atoms with Crippen molar-refractivity contribution in [1.82, 2.24) is 5.43 Å². The van der Waals surface area contributed by atoms with Gasteiger partial charge in [0.05, 0.1) is 16.4 Å². The lowest BCUT2D eigenvalue weighted by Gasteiger charge is -2.17. The number of nitrogens with one attached hydrogen (secondary N) is 1. The van der Waals surface area contributed by atoms with E-state index in [1.165, 1.54) is 3.57 Å². The van der Waals surface area contributed by atoms with Crippen LogP contribution in [0.25, 0.3) is 11.0 Å². The number of nitrogens with zero attached hydrogens (tertiary/aromatic N) is 1. The van der Waals surface area contributed by atoms with E-state index < -0.39 is 5.91 Å². The number of hydrogen-bond acceptors (Lipinski definition) is 5. The number of amides is 1. The minimum Gasteiger partial charge on any atom is -0.490 e. The molecule has 0 aliphatic rings. The van der Waals surface area contributed by atoms with Gasteiger partial charge in [0.2, 0.25) is 0 Å². The smallest absolute Gasteiger partial charge is 0.307 e. The third kappa shape index (κ3) is 7.14. The summed E-state index contributed by atoms with van der Waals surface area (Å²) in [6.07, 6.45) is 3.97. The first-order valence-corrected chi connectivity index (χ1v) is 14.3. The second-order valence-electron chi connectivity index (χ2n) is 7.96. The molecule has 0 radical (unpaired) electrons. The van der Waals surface area contributed by atoms with Gasteiger partial charge in [0.25, 0.3) is 0 Å². The number of halogens is 3. The van der Waals surface area contributed by atoms with Crippen molar-refractivity contribution in [3.05, 3.63) is 101 Å². The lowest BCUT2D eigenvalue weighted by Crippen LogP contribution is -2.16. The minimum absolute atomic E-state index is 0.185. The van der Waals surface area contributed by atoms with Crippen molar-refractivity contribution >= 4 is 84.2 Å². The van der Waals surface area contributed by atoms with Crippen LogP contribution in [0.3, 0.4) is 0 Å². The molecular formula is C28H23BrI2N2O4. The number of benzene rings is 3. The fourth-order valence-corrected chi connectivity index (χ4v) is 5.66. The van der Waals surface area contributed by atoms with E-state index in [9.17, 15) is 4.79 Å². The summed E-state index contributed by atoms with van der Waals surface area (Å²) < 4.78 is 20.8. The van der Waals surface area contributed by atoms with E-state index in [2.05, 4.69) is 78.2 Å². The highest BCUT2D eigenvalue weighted by molar-refractivity contribution is 14.1. The maximum atomic E-state index is 12.6. The van der Waals surface area contributed by atoms with Crippen LogP contribution in [0.5, 0.6) is 11.5 Å². The van der Waals surface area contributed by atoms with Crippen LogP contribution in [-0.2, 0) is 13.0 Å². The van der Waals surface area contributed by atoms with Crippen LogP contribution in [0.2, 0.25) is 0 Å². The topological polar surface area (TPSA) is 73.1 Å². The molecule has 0 fully saturated rings. The zero-order chi connectivity index (χ0) is 26.4. The molecule has 9 heteroatoms. The van der Waals surface area contributed by atoms with Crippen LogP contribution in [0.4, 0.5) is 0 Å². The standard InChI is InChI=1S/C28H23BrI2N2O4/c1-3-5-19-10-18(11-24(35-4-2)27(19)36-16-17-6-8-22(30)9-7-17)15-32-33-28(34)25-13-20-12-21(29)14-23(31)26(20)37-25/h3,6-15H,1,4-5,16H2,2H3,(H,33,34)/b32-15-. The van der Waals surface area contributed by atoms with Crippen LogP contribution in [0, 0.1) is 7.14 Å². The van der Waals surface area contributed by atoms with Crippen LogP contribution in [0.1, 0.15) is 34.2 Å². The molecule has 0 aliphatic heterocycles. The molecule has 0 spiro atoms. The number of allylic oxidation sites excluding steroid dienone is 1. The van der Waals surface area contributed by atoms with Crippen LogP contribution < -0.4 is 14.9 Å². The van der Waals surface area contributed by atoms with Gasteiger partial charge in [-0.3, -0.25) is 4.79 Å². The number of furan rings is 1. The van der Waals surface area contributed by atoms with Crippen molar-refractivity contribution in [3.8, 4) is 11.5 Å². The Balaban J connectivity index is 1.53. The van der Waals surface area contributed by atoms with E-state index in [0.29, 0.717) is 36.7 Å². The van der Waals surface area contributed by atoms with E-state index >= 15 is 0 Å². The van der Waals surface area contributed by atoms with E-state index in [1.54, 1.807) is 12.3 Å². The average molecular weight is 785 g/mol. The summed E-state index contributed by atoms with van der Waals surface area (Å²) in [5, 5.41) is 4.98. The maximum Gasteiger partial charge on any atom is 0.307 e. The molecule has 1 N–H and O–H groups in total. The molecular weight excluding hydrogens is 762 g/mol. The lowest BCUT2D eigenvalue weighted by atomic mass is 10.1. The predicted octanol–water partition coefficient (Wildman–Crippen LogP) is 7.87. The SMILES string of the molecule is C=CCc1cc(/C=N\NC(=O)c2cc3cc(Br)cc(I)c3o2)cc(OCC)c1OCc1ccc(I)cc1. The summed E-state index contributed by atoms with van der Waals surface area (Å²) in [7, 11) is 0. The maximum absolute atomic E-state index is 12.6. The van der Waals surface area contributed by atoms with Gasteiger partial charge >= 0.3 is 5.91 Å². The Bertz CT molecular complexity index is 1470. The summed E-state index contributed by atoms with van der Waals surface area (Å²) in [6.45, 7) is 6.69. The Morgan fingerprint density at radius 3 is 2.65 bits per heavy atom. The largest absolute Gasteiger partial charge is 0.490 e. The molecule has 4 aromatic rings. The molecule has 190 valence electrons. The molecule has 6 nitrogen and oxygen atoms in total. The normalized spacial score (nSPS) is 11.1. The van der Waals surface area contributed by atoms with Crippen molar-refractivity contribution in [1.29, 1.82) is 0 Å². The third-order valence-corrected chi connectivity index (χ3v) is 7.23. The zero-order valence-corrected chi connectivity index (χ0v) is 25.8. The number of carbonyl (C=O) groups is 1. The van der Waals surface area contributed by atoms with Gasteiger partial charge in [0, 0.05) is 19.0 Å². The Hall–Kier alpha value is -2.38. The van der Waals surface area contributed by atoms with Crippen molar-refractivity contribution < 1.29 is 18.7 Å². The minimum atomic E-state index is -0.437. The van der Waals surface area contributed by atoms with Gasteiger partial charge in [0.1, 0.15) is 12.2 Å². The number of ether oxygens (including phenoxy) is 2. The summed E-state index contributed by atoms with van der Waals surface area (Å²) in [6, 6.07) is 17.5. The highest BCUT2D eigenvalue weighted by Crippen LogP contribution is 2.34. The van der Waals surface area contributed by atoms with Gasteiger partial charge in [-0.25, -0.2) is 5.43 Å². The monoisotopic (exact) mass is 784 g/mol. The number of fused-ring (bicyclic) bond motifs is 1. The number of rotatable bonds is 10. The fourth-order valence-electron chi connectivity index (χ4n) is 3.64. The predicted molar refractivity (Wildman–Crippen MR) is 167 cm³/mol. The third-order valence-electron chi connectivity index (χ3n) is 5.25. The van der Waals surface area contributed by atoms with Crippen LogP contribution in [-0.4, -0.2) is 18.7 Å². The van der Waals surface area contributed by atoms with E-state index in [1.807, 2.05) is 61.5 Å². The first-order chi connectivity index (χ1) is 17.9. The van der Waals surface area contributed by atoms with E-state index in [-0.39, 0.29) is 5.76 Å². The Morgan fingerprint density at radius 1 is 1.14 bits per heavy atom. The van der Waals surface area contributed by atoms with Gasteiger partial charge in [-0.2, -0.15) is 5.10 Å². The Kier molecular flexibility index (Phi) is 9.65. The van der Waals surface area contributed by atoms with Crippen LogP contribution >= 0.6 is 61.1 Å². The molecule has 0 saturated carbocycles. The molecule has 0 saturated heterocycles. The molecule has 37 heavy (non-hydrogen) atoms. The summed E-state index contributed by atoms with van der Waals surface area (Å²) in [5.74, 6) is 1.03. The number of hydrazone groups is 1. The van der Waals surface area contributed by atoms with Crippen molar-refractivity contribution in [2.45, 2.75) is 20.0 Å². The second-order valence-corrected chi connectivity index (χ2v) is 11.3. The lowest BCUT2D eigenvalue weighted by molar-refractivity contribution is 0.0929. The van der Waals surface area contributed by atoms with Gasteiger partial charge in [-0.15, -0.1) is 6.58 Å². The first kappa shape index (κ1) is 27.6. The van der Waals surface area contributed by atoms with Crippen molar-refractivity contribution in [2.24, 2.45) is 5.10 Å². The molecule has 1 aromatic heterocycles. The molecule has 0 bridgehead atoms. The molecule has 0 unspecified atom stereocenters. The molecule has 0 aliphatic carbocycles. The summed E-state index contributed by atoms with van der Waals surface area (Å²) >= 11 is 7.92. The van der Waals surface area contributed by atoms with Crippen molar-refractivity contribution in [2.75, 3.05) is 6.61 Å². The summed E-state index contributed by atoms with van der Waals surface area (Å²) in [5.41, 5.74) is 5.93. The van der Waals surface area contributed by atoms with Gasteiger partial charge in [0.15, 0.2) is 17.3 Å². The van der Waals surface area contributed by atoms with Gasteiger partial charge in [-0.05, 0) is 112 Å². The van der Waals surface area contributed by atoms with E-state index in [0.717, 1.165) is 30.1 Å². The highest BCUT2D eigenvalue weighted by Gasteiger charge is 2.15. The molecule has 1 amide bonds. The number of carbonyl (C=O) groups excluding carboxylic acids is 1. The van der Waals surface area contributed by atoms with E-state index in [4.69, 9.17) is 13.9 Å². The Labute approximate surface area is 250 Å². The average Bonchev–Trinajstić information content (AvgIpc) is 3.30. The second kappa shape index (κ2) is 12.9. The molecule has 1 heterocycles. The quantitative estimate of drug-likeness (QED) is 0.0770. The zero-order valence-electron chi connectivity index (χ0n) is 19.9. The highest BCUT2D eigenvalue weighted by atomic mass is 127.